The topological polar surface area (TPSA) is 29.3 Å². The number of piperidine rings is 1. The number of benzene rings is 1. The molecular weight excluding hydrogens is 232 g/mol. The summed E-state index contributed by atoms with van der Waals surface area (Å²) < 4.78 is 0. The van der Waals surface area contributed by atoms with Crippen molar-refractivity contribution in [1.82, 2.24) is 4.90 Å². The smallest absolute Gasteiger partial charge is 0.0316 e. The lowest BCUT2D eigenvalue weighted by Gasteiger charge is -2.36. The van der Waals surface area contributed by atoms with E-state index in [1.165, 1.54) is 44.3 Å². The fourth-order valence-corrected chi connectivity index (χ4v) is 3.43. The van der Waals surface area contributed by atoms with Crippen molar-refractivity contribution in [2.24, 2.45) is 5.92 Å². The summed E-state index contributed by atoms with van der Waals surface area (Å²) in [5.74, 6) is 0.900. The molecule has 2 aliphatic rings. The highest BCUT2D eigenvalue weighted by molar-refractivity contribution is 5.40. The van der Waals surface area contributed by atoms with Gasteiger partial charge in [-0.1, -0.05) is 23.8 Å². The SMILES string of the molecule is Nc1cccc(CCN2CCC3CCCC=C3C2)c1. The van der Waals surface area contributed by atoms with Gasteiger partial charge in [-0.15, -0.1) is 0 Å². The fourth-order valence-electron chi connectivity index (χ4n) is 3.43. The molecule has 102 valence electrons. The summed E-state index contributed by atoms with van der Waals surface area (Å²) in [6.45, 7) is 3.63. The summed E-state index contributed by atoms with van der Waals surface area (Å²) in [7, 11) is 0. The molecule has 1 aliphatic carbocycles. The summed E-state index contributed by atoms with van der Waals surface area (Å²) in [6.07, 6.45) is 9.10. The first-order chi connectivity index (χ1) is 9.31. The van der Waals surface area contributed by atoms with Gasteiger partial charge in [0, 0.05) is 18.8 Å². The van der Waals surface area contributed by atoms with Crippen LogP contribution in [0.25, 0.3) is 0 Å². The quantitative estimate of drug-likeness (QED) is 0.664. The van der Waals surface area contributed by atoms with Crippen LogP contribution in [0.4, 0.5) is 5.69 Å². The highest BCUT2D eigenvalue weighted by atomic mass is 15.1. The maximum absolute atomic E-state index is 5.83. The lowest BCUT2D eigenvalue weighted by molar-refractivity contribution is 0.225. The van der Waals surface area contributed by atoms with Crippen LogP contribution in [0.5, 0.6) is 0 Å². The Morgan fingerprint density at radius 1 is 1.26 bits per heavy atom. The Hall–Kier alpha value is -1.28. The normalized spacial score (nSPS) is 23.8. The molecular formula is C17H24N2. The zero-order valence-corrected chi connectivity index (χ0v) is 11.6. The molecule has 1 aromatic carbocycles. The van der Waals surface area contributed by atoms with Crippen LogP contribution in [0.3, 0.4) is 0 Å². The van der Waals surface area contributed by atoms with Gasteiger partial charge in [0.25, 0.3) is 0 Å². The van der Waals surface area contributed by atoms with E-state index in [-0.39, 0.29) is 0 Å². The molecule has 2 heteroatoms. The third-order valence-corrected chi connectivity index (χ3v) is 4.56. The minimum Gasteiger partial charge on any atom is -0.399 e. The van der Waals surface area contributed by atoms with Crippen molar-refractivity contribution >= 4 is 5.69 Å². The molecule has 1 atom stereocenters. The first-order valence-electron chi connectivity index (χ1n) is 7.57. The van der Waals surface area contributed by atoms with Crippen molar-refractivity contribution in [3.05, 3.63) is 41.5 Å². The molecule has 2 N–H and O–H groups in total. The van der Waals surface area contributed by atoms with Crippen molar-refractivity contribution in [1.29, 1.82) is 0 Å². The van der Waals surface area contributed by atoms with Crippen LogP contribution in [0, 0.1) is 5.92 Å². The van der Waals surface area contributed by atoms with E-state index in [4.69, 9.17) is 5.73 Å². The Morgan fingerprint density at radius 3 is 3.11 bits per heavy atom. The third-order valence-electron chi connectivity index (χ3n) is 4.56. The van der Waals surface area contributed by atoms with Crippen molar-refractivity contribution in [2.45, 2.75) is 32.1 Å². The number of rotatable bonds is 3. The van der Waals surface area contributed by atoms with Crippen LogP contribution in [0.1, 0.15) is 31.2 Å². The number of hydrogen-bond donors (Lipinski definition) is 1. The van der Waals surface area contributed by atoms with Crippen LogP contribution in [0.15, 0.2) is 35.9 Å². The number of allylic oxidation sites excluding steroid dienone is 1. The van der Waals surface area contributed by atoms with Gasteiger partial charge in [-0.2, -0.15) is 0 Å². The molecule has 0 bridgehead atoms. The third kappa shape index (κ3) is 3.19. The number of hydrogen-bond acceptors (Lipinski definition) is 2. The standard InChI is InChI=1S/C17H24N2/c18-17-7-3-4-14(12-17)8-10-19-11-9-15-5-1-2-6-16(15)13-19/h3-4,6-7,12,15H,1-2,5,8-11,13,18H2. The van der Waals surface area contributed by atoms with Gasteiger partial charge in [0.05, 0.1) is 0 Å². The van der Waals surface area contributed by atoms with Crippen LogP contribution in [0.2, 0.25) is 0 Å². The maximum Gasteiger partial charge on any atom is 0.0316 e. The highest BCUT2D eigenvalue weighted by Gasteiger charge is 2.24. The van der Waals surface area contributed by atoms with E-state index in [1.54, 1.807) is 5.57 Å². The van der Waals surface area contributed by atoms with Gasteiger partial charge in [-0.25, -0.2) is 0 Å². The van der Waals surface area contributed by atoms with Gasteiger partial charge in [0.1, 0.15) is 0 Å². The van der Waals surface area contributed by atoms with Crippen LogP contribution in [-0.2, 0) is 6.42 Å². The van der Waals surface area contributed by atoms with E-state index in [9.17, 15) is 0 Å². The minimum atomic E-state index is 0.881. The number of likely N-dealkylation sites (tertiary alicyclic amines) is 1. The molecule has 2 nitrogen and oxygen atoms in total. The molecule has 0 spiro atoms. The predicted octanol–water partition coefficient (Wildman–Crippen LogP) is 3.24. The lowest BCUT2D eigenvalue weighted by Crippen LogP contribution is -2.37. The predicted molar refractivity (Wildman–Crippen MR) is 81.0 cm³/mol. The van der Waals surface area contributed by atoms with E-state index in [0.717, 1.165) is 24.6 Å². The van der Waals surface area contributed by atoms with Crippen molar-refractivity contribution in [3.8, 4) is 0 Å². The van der Waals surface area contributed by atoms with E-state index < -0.39 is 0 Å². The number of nitrogens with two attached hydrogens (primary N) is 1. The summed E-state index contributed by atoms with van der Waals surface area (Å²) in [4.78, 5) is 2.61. The van der Waals surface area contributed by atoms with Crippen LogP contribution in [-0.4, -0.2) is 24.5 Å². The molecule has 1 aromatic rings. The van der Waals surface area contributed by atoms with Gasteiger partial charge in [-0.3, -0.25) is 4.90 Å². The molecule has 3 rings (SSSR count). The average Bonchev–Trinajstić information content (AvgIpc) is 2.45. The maximum atomic E-state index is 5.83. The second-order valence-corrected chi connectivity index (χ2v) is 5.97. The Bertz CT molecular complexity index is 464. The van der Waals surface area contributed by atoms with Crippen molar-refractivity contribution in [3.63, 3.8) is 0 Å². The average molecular weight is 256 g/mol. The largest absolute Gasteiger partial charge is 0.399 e. The van der Waals surface area contributed by atoms with E-state index in [0.29, 0.717) is 0 Å². The summed E-state index contributed by atoms with van der Waals surface area (Å²) >= 11 is 0. The summed E-state index contributed by atoms with van der Waals surface area (Å²) in [6, 6.07) is 8.30. The Kier molecular flexibility index (Phi) is 3.88. The van der Waals surface area contributed by atoms with E-state index in [1.807, 2.05) is 6.07 Å². The molecule has 0 aromatic heterocycles. The molecule has 0 amide bonds. The number of anilines is 1. The van der Waals surface area contributed by atoms with Gasteiger partial charge < -0.3 is 5.73 Å². The first-order valence-corrected chi connectivity index (χ1v) is 7.57. The minimum absolute atomic E-state index is 0.881. The van der Waals surface area contributed by atoms with Gasteiger partial charge in [0.2, 0.25) is 0 Å². The van der Waals surface area contributed by atoms with Crippen molar-refractivity contribution in [2.75, 3.05) is 25.4 Å². The zero-order valence-electron chi connectivity index (χ0n) is 11.6. The van der Waals surface area contributed by atoms with Gasteiger partial charge in [0.15, 0.2) is 0 Å². The Morgan fingerprint density at radius 2 is 2.21 bits per heavy atom. The molecule has 1 heterocycles. The number of nitrogens with zero attached hydrogens (tertiary/aromatic N) is 1. The second kappa shape index (κ2) is 5.79. The molecule has 1 unspecified atom stereocenters. The molecule has 19 heavy (non-hydrogen) atoms. The van der Waals surface area contributed by atoms with Gasteiger partial charge in [-0.05, 0) is 62.3 Å². The van der Waals surface area contributed by atoms with Crippen molar-refractivity contribution < 1.29 is 0 Å². The monoisotopic (exact) mass is 256 g/mol. The lowest BCUT2D eigenvalue weighted by atomic mass is 9.82. The zero-order chi connectivity index (χ0) is 13.1. The highest BCUT2D eigenvalue weighted by Crippen LogP contribution is 2.31. The molecule has 1 aliphatic heterocycles. The molecule has 0 saturated carbocycles. The Labute approximate surface area is 116 Å². The summed E-state index contributed by atoms with van der Waals surface area (Å²) in [5, 5.41) is 0. The van der Waals surface area contributed by atoms with E-state index in [2.05, 4.69) is 29.2 Å². The fraction of sp³-hybridized carbons (Fsp3) is 0.529. The van der Waals surface area contributed by atoms with Crippen LogP contribution >= 0.6 is 0 Å². The Balaban J connectivity index is 1.55. The summed E-state index contributed by atoms with van der Waals surface area (Å²) in [5.41, 5.74) is 9.79. The van der Waals surface area contributed by atoms with E-state index >= 15 is 0 Å². The molecule has 1 fully saturated rings. The molecule has 1 saturated heterocycles. The molecule has 0 radical (unpaired) electrons. The first kappa shape index (κ1) is 12.7. The van der Waals surface area contributed by atoms with Crippen LogP contribution < -0.4 is 5.73 Å². The number of nitrogen functional groups attached to an aromatic ring is 1. The van der Waals surface area contributed by atoms with Gasteiger partial charge >= 0.3 is 0 Å². The number of fused-ring (bicyclic) bond motifs is 1. The second-order valence-electron chi connectivity index (χ2n) is 5.97.